The topological polar surface area (TPSA) is 38.2 Å². The van der Waals surface area contributed by atoms with Crippen LogP contribution in [0.4, 0.5) is 5.95 Å². The zero-order valence-corrected chi connectivity index (χ0v) is 11.3. The van der Waals surface area contributed by atoms with E-state index in [1.54, 1.807) is 0 Å². The van der Waals surface area contributed by atoms with Gasteiger partial charge < -0.3 is 9.64 Å². The van der Waals surface area contributed by atoms with E-state index in [9.17, 15) is 0 Å². The third kappa shape index (κ3) is 2.69. The van der Waals surface area contributed by atoms with Crippen molar-refractivity contribution < 1.29 is 4.74 Å². The smallest absolute Gasteiger partial charge is 0.227 e. The van der Waals surface area contributed by atoms with Gasteiger partial charge in [-0.3, -0.25) is 0 Å². The predicted molar refractivity (Wildman–Crippen MR) is 68.9 cm³/mol. The third-order valence-electron chi connectivity index (χ3n) is 2.95. The minimum atomic E-state index is 0.348. The largest absolute Gasteiger partial charge is 0.378 e. The Bertz CT molecular complexity index is 380. The van der Waals surface area contributed by atoms with Crippen LogP contribution in [0.3, 0.4) is 0 Å². The van der Waals surface area contributed by atoms with Crippen LogP contribution in [0.15, 0.2) is 0 Å². The Balaban J connectivity index is 2.31. The summed E-state index contributed by atoms with van der Waals surface area (Å²) in [5.74, 6) is 1.07. The molecule has 0 N–H and O–H groups in total. The van der Waals surface area contributed by atoms with Gasteiger partial charge in [0.05, 0.1) is 13.2 Å². The van der Waals surface area contributed by atoms with E-state index in [0.29, 0.717) is 11.1 Å². The van der Waals surface area contributed by atoms with E-state index in [2.05, 4.69) is 28.7 Å². The van der Waals surface area contributed by atoms with Gasteiger partial charge >= 0.3 is 0 Å². The maximum Gasteiger partial charge on any atom is 0.227 e. The van der Waals surface area contributed by atoms with E-state index in [-0.39, 0.29) is 0 Å². The molecule has 1 aliphatic heterocycles. The second kappa shape index (κ2) is 5.19. The average molecular weight is 256 g/mol. The van der Waals surface area contributed by atoms with Gasteiger partial charge in [0.1, 0.15) is 5.15 Å². The van der Waals surface area contributed by atoms with Gasteiger partial charge in [0, 0.05) is 24.3 Å². The number of hydrogen-bond donors (Lipinski definition) is 0. The van der Waals surface area contributed by atoms with Crippen LogP contribution in [-0.4, -0.2) is 36.3 Å². The van der Waals surface area contributed by atoms with Gasteiger partial charge in [-0.15, -0.1) is 0 Å². The zero-order chi connectivity index (χ0) is 12.4. The highest BCUT2D eigenvalue weighted by atomic mass is 35.5. The Kier molecular flexibility index (Phi) is 3.84. The molecule has 1 fully saturated rings. The number of ether oxygens (including phenoxy) is 1. The number of hydrogen-bond acceptors (Lipinski definition) is 4. The second-order valence-corrected chi connectivity index (χ2v) is 4.93. The average Bonchev–Trinajstić information content (AvgIpc) is 2.28. The van der Waals surface area contributed by atoms with Crippen LogP contribution in [0.1, 0.15) is 31.0 Å². The van der Waals surface area contributed by atoms with Crippen molar-refractivity contribution in [2.75, 3.05) is 31.2 Å². The molecule has 17 heavy (non-hydrogen) atoms. The Morgan fingerprint density at radius 2 is 1.88 bits per heavy atom. The van der Waals surface area contributed by atoms with Crippen molar-refractivity contribution >= 4 is 17.5 Å². The summed E-state index contributed by atoms with van der Waals surface area (Å²) in [6, 6.07) is 0. The lowest BCUT2D eigenvalue weighted by molar-refractivity contribution is 0.122. The molecule has 0 aromatic carbocycles. The number of halogens is 1. The van der Waals surface area contributed by atoms with E-state index >= 15 is 0 Å². The number of anilines is 1. The molecule has 0 bridgehead atoms. The van der Waals surface area contributed by atoms with Crippen molar-refractivity contribution in [1.82, 2.24) is 9.97 Å². The molecule has 0 spiro atoms. The number of morpholine rings is 1. The Morgan fingerprint density at radius 3 is 2.41 bits per heavy atom. The number of aromatic nitrogens is 2. The standard InChI is InChI=1S/C12H18ClN3O/c1-8(2)10-9(3)14-12(15-11(10)13)16-4-6-17-7-5-16/h8H,4-7H2,1-3H3. The molecular formula is C12H18ClN3O. The second-order valence-electron chi connectivity index (χ2n) is 4.57. The van der Waals surface area contributed by atoms with Crippen LogP contribution in [0.5, 0.6) is 0 Å². The molecule has 1 aromatic heterocycles. The molecule has 0 radical (unpaired) electrons. The van der Waals surface area contributed by atoms with E-state index < -0.39 is 0 Å². The number of nitrogens with zero attached hydrogens (tertiary/aromatic N) is 3. The van der Waals surface area contributed by atoms with Gasteiger partial charge in [0.2, 0.25) is 5.95 Å². The molecule has 1 saturated heterocycles. The maximum atomic E-state index is 6.24. The molecular weight excluding hydrogens is 238 g/mol. The first kappa shape index (κ1) is 12.6. The van der Waals surface area contributed by atoms with E-state index in [0.717, 1.165) is 43.5 Å². The van der Waals surface area contributed by atoms with Crippen molar-refractivity contribution in [2.45, 2.75) is 26.7 Å². The van der Waals surface area contributed by atoms with Crippen molar-refractivity contribution in [1.29, 1.82) is 0 Å². The van der Waals surface area contributed by atoms with Crippen molar-refractivity contribution in [3.8, 4) is 0 Å². The fourth-order valence-electron chi connectivity index (χ4n) is 2.09. The Morgan fingerprint density at radius 1 is 1.24 bits per heavy atom. The molecule has 0 unspecified atom stereocenters. The lowest BCUT2D eigenvalue weighted by Crippen LogP contribution is -2.37. The molecule has 5 heteroatoms. The molecule has 0 saturated carbocycles. The highest BCUT2D eigenvalue weighted by molar-refractivity contribution is 6.30. The minimum absolute atomic E-state index is 0.348. The summed E-state index contributed by atoms with van der Waals surface area (Å²) in [7, 11) is 0. The van der Waals surface area contributed by atoms with Crippen LogP contribution in [-0.2, 0) is 4.74 Å². The summed E-state index contributed by atoms with van der Waals surface area (Å²) in [5.41, 5.74) is 2.02. The molecule has 2 rings (SSSR count). The summed E-state index contributed by atoms with van der Waals surface area (Å²) in [6.07, 6.45) is 0. The highest BCUT2D eigenvalue weighted by Crippen LogP contribution is 2.27. The molecule has 2 heterocycles. The van der Waals surface area contributed by atoms with Gasteiger partial charge in [-0.1, -0.05) is 25.4 Å². The highest BCUT2D eigenvalue weighted by Gasteiger charge is 2.18. The normalized spacial score (nSPS) is 16.6. The Hall–Kier alpha value is -0.870. The Labute approximate surface area is 107 Å². The van der Waals surface area contributed by atoms with Crippen LogP contribution in [0, 0.1) is 6.92 Å². The van der Waals surface area contributed by atoms with Crippen molar-refractivity contribution in [3.63, 3.8) is 0 Å². The summed E-state index contributed by atoms with van der Waals surface area (Å²) >= 11 is 6.24. The summed E-state index contributed by atoms with van der Waals surface area (Å²) in [5, 5.41) is 0.578. The first-order chi connectivity index (χ1) is 8.09. The fraction of sp³-hybridized carbons (Fsp3) is 0.667. The quantitative estimate of drug-likeness (QED) is 0.761. The fourth-order valence-corrected chi connectivity index (χ4v) is 2.52. The van der Waals surface area contributed by atoms with Crippen LogP contribution >= 0.6 is 11.6 Å². The van der Waals surface area contributed by atoms with E-state index in [1.807, 2.05) is 6.92 Å². The SMILES string of the molecule is Cc1nc(N2CCOCC2)nc(Cl)c1C(C)C. The summed E-state index contributed by atoms with van der Waals surface area (Å²) < 4.78 is 5.31. The van der Waals surface area contributed by atoms with Gasteiger partial charge in [0.15, 0.2) is 0 Å². The van der Waals surface area contributed by atoms with E-state index in [4.69, 9.17) is 16.3 Å². The van der Waals surface area contributed by atoms with Gasteiger partial charge in [-0.25, -0.2) is 9.97 Å². The van der Waals surface area contributed by atoms with E-state index in [1.165, 1.54) is 0 Å². The first-order valence-corrected chi connectivity index (χ1v) is 6.34. The molecule has 0 aliphatic carbocycles. The molecule has 1 aliphatic rings. The summed E-state index contributed by atoms with van der Waals surface area (Å²) in [4.78, 5) is 11.1. The first-order valence-electron chi connectivity index (χ1n) is 5.96. The molecule has 1 aromatic rings. The number of rotatable bonds is 2. The molecule has 4 nitrogen and oxygen atoms in total. The monoisotopic (exact) mass is 255 g/mol. The molecule has 0 atom stereocenters. The lowest BCUT2D eigenvalue weighted by atomic mass is 10.0. The van der Waals surface area contributed by atoms with Crippen LogP contribution < -0.4 is 4.90 Å². The van der Waals surface area contributed by atoms with Crippen molar-refractivity contribution in [2.24, 2.45) is 0 Å². The third-order valence-corrected chi connectivity index (χ3v) is 3.24. The lowest BCUT2D eigenvalue weighted by Gasteiger charge is -2.27. The van der Waals surface area contributed by atoms with Crippen molar-refractivity contribution in [3.05, 3.63) is 16.4 Å². The summed E-state index contributed by atoms with van der Waals surface area (Å²) in [6.45, 7) is 9.32. The zero-order valence-electron chi connectivity index (χ0n) is 10.5. The minimum Gasteiger partial charge on any atom is -0.378 e. The molecule has 0 amide bonds. The number of aryl methyl sites for hydroxylation is 1. The predicted octanol–water partition coefficient (Wildman–Crippen LogP) is 2.40. The van der Waals surface area contributed by atoms with Crippen LogP contribution in [0.25, 0.3) is 0 Å². The van der Waals surface area contributed by atoms with Gasteiger partial charge in [-0.05, 0) is 12.8 Å². The van der Waals surface area contributed by atoms with Gasteiger partial charge in [-0.2, -0.15) is 0 Å². The van der Waals surface area contributed by atoms with Crippen LogP contribution in [0.2, 0.25) is 5.15 Å². The molecule has 94 valence electrons. The van der Waals surface area contributed by atoms with Gasteiger partial charge in [0.25, 0.3) is 0 Å². The maximum absolute atomic E-state index is 6.24.